The Balaban J connectivity index is 1.87. The summed E-state index contributed by atoms with van der Waals surface area (Å²) in [7, 11) is 0. The molecule has 0 saturated carbocycles. The van der Waals surface area contributed by atoms with Crippen LogP contribution in [-0.2, 0) is 13.0 Å². The lowest BCUT2D eigenvalue weighted by Gasteiger charge is -2.09. The average molecular weight is 335 g/mol. The second-order valence-corrected chi connectivity index (χ2v) is 5.97. The van der Waals surface area contributed by atoms with E-state index in [1.807, 2.05) is 30.7 Å². The molecule has 6 heteroatoms. The zero-order chi connectivity index (χ0) is 17.0. The Morgan fingerprint density at radius 3 is 2.65 bits per heavy atom. The van der Waals surface area contributed by atoms with E-state index in [-0.39, 0.29) is 6.03 Å². The van der Waals surface area contributed by atoms with Gasteiger partial charge in [0.1, 0.15) is 0 Å². The summed E-state index contributed by atoms with van der Waals surface area (Å²) in [6, 6.07) is 5.23. The van der Waals surface area contributed by atoms with Crippen LogP contribution in [0.4, 0.5) is 10.5 Å². The first-order valence-corrected chi connectivity index (χ1v) is 8.14. The van der Waals surface area contributed by atoms with Crippen molar-refractivity contribution in [3.8, 4) is 0 Å². The minimum Gasteiger partial charge on any atom is -0.338 e. The van der Waals surface area contributed by atoms with Gasteiger partial charge in [0.05, 0.1) is 5.69 Å². The number of carbonyl (C=O) groups is 1. The molecular formula is C17H23ClN4O. The van der Waals surface area contributed by atoms with Crippen molar-refractivity contribution >= 4 is 23.3 Å². The Labute approximate surface area is 142 Å². The second-order valence-electron chi connectivity index (χ2n) is 5.56. The third-order valence-electron chi connectivity index (χ3n) is 3.92. The van der Waals surface area contributed by atoms with E-state index >= 15 is 0 Å². The van der Waals surface area contributed by atoms with E-state index in [0.717, 1.165) is 29.9 Å². The molecule has 2 N–H and O–H groups in total. The minimum absolute atomic E-state index is 0.233. The van der Waals surface area contributed by atoms with Crippen LogP contribution in [0, 0.1) is 20.8 Å². The number of hydrogen-bond donors (Lipinski definition) is 2. The molecule has 5 nitrogen and oxygen atoms in total. The molecule has 0 atom stereocenters. The van der Waals surface area contributed by atoms with E-state index in [0.29, 0.717) is 17.3 Å². The maximum atomic E-state index is 11.9. The summed E-state index contributed by atoms with van der Waals surface area (Å²) in [5, 5.41) is 10.8. The van der Waals surface area contributed by atoms with Crippen LogP contribution in [0.3, 0.4) is 0 Å². The molecule has 2 amide bonds. The van der Waals surface area contributed by atoms with Gasteiger partial charge >= 0.3 is 6.03 Å². The van der Waals surface area contributed by atoms with Gasteiger partial charge in [0, 0.05) is 29.5 Å². The Bertz CT molecular complexity index is 709. The van der Waals surface area contributed by atoms with Crippen molar-refractivity contribution in [1.82, 2.24) is 15.1 Å². The van der Waals surface area contributed by atoms with Crippen LogP contribution in [-0.4, -0.2) is 22.4 Å². The highest BCUT2D eigenvalue weighted by molar-refractivity contribution is 6.31. The summed E-state index contributed by atoms with van der Waals surface area (Å²) in [6.45, 7) is 9.47. The number of rotatable bonds is 5. The third-order valence-corrected chi connectivity index (χ3v) is 4.33. The molecular weight excluding hydrogens is 312 g/mol. The molecule has 2 aromatic rings. The van der Waals surface area contributed by atoms with E-state index in [1.54, 1.807) is 6.07 Å². The highest BCUT2D eigenvalue weighted by atomic mass is 35.5. The number of amides is 2. The van der Waals surface area contributed by atoms with Crippen LogP contribution in [0.1, 0.15) is 29.4 Å². The van der Waals surface area contributed by atoms with Crippen LogP contribution in [0.25, 0.3) is 0 Å². The van der Waals surface area contributed by atoms with Crippen molar-refractivity contribution in [2.45, 2.75) is 40.7 Å². The number of nitrogens with zero attached hydrogens (tertiary/aromatic N) is 2. The molecule has 0 bridgehead atoms. The zero-order valence-electron chi connectivity index (χ0n) is 14.0. The minimum atomic E-state index is -0.233. The smallest absolute Gasteiger partial charge is 0.319 e. The summed E-state index contributed by atoms with van der Waals surface area (Å²) in [5.41, 5.74) is 5.06. The normalized spacial score (nSPS) is 10.7. The SMILES string of the molecule is CCn1nc(C)c(CCNC(=O)Nc2ccc(C)c(Cl)c2)c1C. The van der Waals surface area contributed by atoms with Crippen LogP contribution in [0.5, 0.6) is 0 Å². The highest BCUT2D eigenvalue weighted by Gasteiger charge is 2.10. The molecule has 0 unspecified atom stereocenters. The fourth-order valence-electron chi connectivity index (χ4n) is 2.55. The lowest BCUT2D eigenvalue weighted by molar-refractivity contribution is 0.252. The second kappa shape index (κ2) is 7.51. The molecule has 0 spiro atoms. The fourth-order valence-corrected chi connectivity index (χ4v) is 2.73. The van der Waals surface area contributed by atoms with Gasteiger partial charge in [-0.25, -0.2) is 4.79 Å². The lowest BCUT2D eigenvalue weighted by Crippen LogP contribution is -2.30. The van der Waals surface area contributed by atoms with Crippen molar-refractivity contribution < 1.29 is 4.79 Å². The lowest BCUT2D eigenvalue weighted by atomic mass is 10.1. The molecule has 124 valence electrons. The number of urea groups is 1. The Morgan fingerprint density at radius 1 is 1.30 bits per heavy atom. The van der Waals surface area contributed by atoms with Crippen LogP contribution >= 0.6 is 11.6 Å². The molecule has 2 rings (SSSR count). The fraction of sp³-hybridized carbons (Fsp3) is 0.412. The molecule has 1 aromatic carbocycles. The van der Waals surface area contributed by atoms with E-state index < -0.39 is 0 Å². The molecule has 1 heterocycles. The van der Waals surface area contributed by atoms with Gasteiger partial charge in [0.15, 0.2) is 0 Å². The Morgan fingerprint density at radius 2 is 2.04 bits per heavy atom. The van der Waals surface area contributed by atoms with Gasteiger partial charge in [0.25, 0.3) is 0 Å². The molecule has 0 fully saturated rings. The first-order chi connectivity index (χ1) is 10.9. The summed E-state index contributed by atoms with van der Waals surface area (Å²) in [6.07, 6.45) is 0.764. The monoisotopic (exact) mass is 334 g/mol. The first kappa shape index (κ1) is 17.3. The van der Waals surface area contributed by atoms with Gasteiger partial charge < -0.3 is 10.6 Å². The summed E-state index contributed by atoms with van der Waals surface area (Å²) >= 11 is 6.05. The average Bonchev–Trinajstić information content (AvgIpc) is 2.78. The third kappa shape index (κ3) is 4.26. The molecule has 23 heavy (non-hydrogen) atoms. The number of carbonyl (C=O) groups excluding carboxylic acids is 1. The van der Waals surface area contributed by atoms with Crippen LogP contribution in [0.15, 0.2) is 18.2 Å². The molecule has 0 saturated heterocycles. The summed E-state index contributed by atoms with van der Waals surface area (Å²) < 4.78 is 1.99. The standard InChI is InChI=1S/C17H23ClN4O/c1-5-22-13(4)15(12(3)21-22)8-9-19-17(23)20-14-7-6-11(2)16(18)10-14/h6-7,10H,5,8-9H2,1-4H3,(H2,19,20,23). The maximum absolute atomic E-state index is 11.9. The summed E-state index contributed by atoms with van der Waals surface area (Å²) in [4.78, 5) is 11.9. The number of anilines is 1. The topological polar surface area (TPSA) is 59.0 Å². The molecule has 1 aromatic heterocycles. The van der Waals surface area contributed by atoms with Gasteiger partial charge in [-0.3, -0.25) is 4.68 Å². The van der Waals surface area contributed by atoms with Crippen molar-refractivity contribution in [2.75, 3.05) is 11.9 Å². The summed E-state index contributed by atoms with van der Waals surface area (Å²) in [5.74, 6) is 0. The molecule has 0 aliphatic rings. The van der Waals surface area contributed by atoms with E-state index in [4.69, 9.17) is 11.6 Å². The number of hydrogen-bond acceptors (Lipinski definition) is 2. The number of nitrogens with one attached hydrogen (secondary N) is 2. The largest absolute Gasteiger partial charge is 0.338 e. The van der Waals surface area contributed by atoms with Crippen molar-refractivity contribution in [3.63, 3.8) is 0 Å². The van der Waals surface area contributed by atoms with E-state index in [1.165, 1.54) is 5.56 Å². The van der Waals surface area contributed by atoms with E-state index in [9.17, 15) is 4.79 Å². The maximum Gasteiger partial charge on any atom is 0.319 e. The predicted molar refractivity (Wildman–Crippen MR) is 94.3 cm³/mol. The quantitative estimate of drug-likeness (QED) is 0.872. The van der Waals surface area contributed by atoms with Crippen molar-refractivity contribution in [2.24, 2.45) is 0 Å². The molecule has 0 radical (unpaired) electrons. The van der Waals surface area contributed by atoms with Crippen molar-refractivity contribution in [1.29, 1.82) is 0 Å². The molecule has 0 aliphatic carbocycles. The van der Waals surface area contributed by atoms with Gasteiger partial charge in [0.2, 0.25) is 0 Å². The van der Waals surface area contributed by atoms with Gasteiger partial charge in [-0.15, -0.1) is 0 Å². The van der Waals surface area contributed by atoms with E-state index in [2.05, 4.69) is 29.6 Å². The first-order valence-electron chi connectivity index (χ1n) is 7.76. The molecule has 0 aliphatic heterocycles. The van der Waals surface area contributed by atoms with Gasteiger partial charge in [-0.1, -0.05) is 17.7 Å². The van der Waals surface area contributed by atoms with Gasteiger partial charge in [-0.05, 0) is 57.4 Å². The number of aromatic nitrogens is 2. The number of halogens is 1. The number of benzene rings is 1. The van der Waals surface area contributed by atoms with Gasteiger partial charge in [-0.2, -0.15) is 5.10 Å². The zero-order valence-corrected chi connectivity index (χ0v) is 14.8. The highest BCUT2D eigenvalue weighted by Crippen LogP contribution is 2.19. The van der Waals surface area contributed by atoms with Crippen molar-refractivity contribution in [3.05, 3.63) is 45.7 Å². The Kier molecular flexibility index (Phi) is 5.66. The van der Waals surface area contributed by atoms with Crippen LogP contribution in [0.2, 0.25) is 5.02 Å². The number of aryl methyl sites for hydroxylation is 3. The Hall–Kier alpha value is -2.01. The predicted octanol–water partition coefficient (Wildman–Crippen LogP) is 3.85. The van der Waals surface area contributed by atoms with Crippen LogP contribution < -0.4 is 10.6 Å².